The van der Waals surface area contributed by atoms with Crippen molar-refractivity contribution in [3.05, 3.63) is 87.0 Å². The normalized spacial score (nSPS) is 19.0. The molecule has 192 valence electrons. The smallest absolute Gasteiger partial charge is 0.279 e. The maximum Gasteiger partial charge on any atom is 0.279 e. The van der Waals surface area contributed by atoms with Gasteiger partial charge < -0.3 is 19.4 Å². The number of aromatic nitrogens is 2. The van der Waals surface area contributed by atoms with E-state index in [-0.39, 0.29) is 11.9 Å². The van der Waals surface area contributed by atoms with E-state index in [2.05, 4.69) is 28.7 Å². The van der Waals surface area contributed by atoms with Gasteiger partial charge in [-0.05, 0) is 56.2 Å². The van der Waals surface area contributed by atoms with Crippen LogP contribution in [0.25, 0.3) is 5.57 Å². The predicted octanol–water partition coefficient (Wildman–Crippen LogP) is 5.75. The van der Waals surface area contributed by atoms with Gasteiger partial charge in [0, 0.05) is 35.1 Å². The number of halogens is 2. The van der Waals surface area contributed by atoms with E-state index in [1.54, 1.807) is 25.3 Å². The van der Waals surface area contributed by atoms with Crippen LogP contribution in [-0.4, -0.2) is 41.9 Å². The monoisotopic (exact) mass is 539 g/mol. The molecule has 0 fully saturated rings. The standard InChI is InChI=1S/C27H27Cl2N5O3/c1-14(2)33-23-21(31-24(33)19-13-30-27(37-5)32-25(19)36-4)26(35)34(20-12-18(29)9-6-15(20)3)22(23)16-7-10-17(28)11-8-16/h6-14,22,27,30H,1-5H3. The van der Waals surface area contributed by atoms with Crippen LogP contribution in [-0.2, 0) is 9.47 Å². The van der Waals surface area contributed by atoms with Crippen molar-refractivity contribution in [1.82, 2.24) is 14.9 Å². The maximum atomic E-state index is 14.1. The highest BCUT2D eigenvalue weighted by Gasteiger charge is 2.45. The molecule has 0 aliphatic carbocycles. The Balaban J connectivity index is 1.75. The van der Waals surface area contributed by atoms with Crippen LogP contribution < -0.4 is 10.2 Å². The number of carbonyl (C=O) groups excluding carboxylic acids is 1. The molecule has 0 bridgehead atoms. The summed E-state index contributed by atoms with van der Waals surface area (Å²) in [6, 6.07) is 12.6. The van der Waals surface area contributed by atoms with Crippen LogP contribution in [0.15, 0.2) is 53.7 Å². The first-order chi connectivity index (χ1) is 17.7. The highest BCUT2D eigenvalue weighted by atomic mass is 35.5. The molecule has 8 nitrogen and oxygen atoms in total. The van der Waals surface area contributed by atoms with Crippen molar-refractivity contribution in [2.75, 3.05) is 19.1 Å². The minimum atomic E-state index is -0.572. The Kier molecular flexibility index (Phi) is 6.74. The van der Waals surface area contributed by atoms with Gasteiger partial charge in [0.15, 0.2) is 5.69 Å². The van der Waals surface area contributed by atoms with Crippen LogP contribution in [0, 0.1) is 6.92 Å². The van der Waals surface area contributed by atoms with Gasteiger partial charge in [-0.15, -0.1) is 0 Å². The van der Waals surface area contributed by atoms with E-state index in [1.165, 1.54) is 0 Å². The molecule has 3 heterocycles. The number of benzene rings is 2. The summed E-state index contributed by atoms with van der Waals surface area (Å²) in [5.74, 6) is 0.739. The van der Waals surface area contributed by atoms with Gasteiger partial charge in [-0.1, -0.05) is 41.4 Å². The quantitative estimate of drug-likeness (QED) is 0.446. The number of aliphatic imine (C=N–C) groups is 1. The van der Waals surface area contributed by atoms with E-state index < -0.39 is 12.4 Å². The summed E-state index contributed by atoms with van der Waals surface area (Å²) in [4.78, 5) is 25.2. The van der Waals surface area contributed by atoms with E-state index in [0.29, 0.717) is 33.0 Å². The minimum Gasteiger partial charge on any atom is -0.481 e. The van der Waals surface area contributed by atoms with Crippen molar-refractivity contribution in [3.63, 3.8) is 0 Å². The van der Waals surface area contributed by atoms with Crippen molar-refractivity contribution in [3.8, 4) is 0 Å². The Labute approximate surface area is 225 Å². The number of hydrogen-bond acceptors (Lipinski definition) is 6. The van der Waals surface area contributed by atoms with Crippen molar-refractivity contribution in [2.45, 2.75) is 39.2 Å². The second-order valence-electron chi connectivity index (χ2n) is 9.14. The lowest BCUT2D eigenvalue weighted by Gasteiger charge is -2.30. The van der Waals surface area contributed by atoms with Gasteiger partial charge in [-0.2, -0.15) is 4.99 Å². The topological polar surface area (TPSA) is 81.0 Å². The molecular weight excluding hydrogens is 513 g/mol. The molecule has 0 spiro atoms. The molecule has 2 aliphatic heterocycles. The molecule has 3 aromatic rings. The molecule has 5 rings (SSSR count). The van der Waals surface area contributed by atoms with E-state index in [9.17, 15) is 4.79 Å². The number of imidazole rings is 1. The lowest BCUT2D eigenvalue weighted by atomic mass is 10.0. The SMILES string of the molecule is COC1=NC(OC)NC=C1c1nc2c(n1C(C)C)C(c1ccc(Cl)cc1)N(c1cc(Cl)ccc1C)C2=O. The first-order valence-electron chi connectivity index (χ1n) is 11.8. The number of anilines is 1. The molecule has 2 atom stereocenters. The third kappa shape index (κ3) is 4.29. The summed E-state index contributed by atoms with van der Waals surface area (Å²) in [7, 11) is 3.10. The molecule has 0 saturated heterocycles. The molecule has 1 N–H and O–H groups in total. The highest BCUT2D eigenvalue weighted by Crippen LogP contribution is 2.45. The number of amides is 1. The van der Waals surface area contributed by atoms with Gasteiger partial charge in [0.05, 0.1) is 18.4 Å². The van der Waals surface area contributed by atoms with Crippen molar-refractivity contribution >= 4 is 46.3 Å². The van der Waals surface area contributed by atoms with E-state index in [1.807, 2.05) is 49.4 Å². The third-order valence-electron chi connectivity index (χ3n) is 6.51. The summed E-state index contributed by atoms with van der Waals surface area (Å²) in [5.41, 5.74) is 4.34. The second kappa shape index (κ2) is 9.85. The van der Waals surface area contributed by atoms with Gasteiger partial charge in [-0.25, -0.2) is 4.98 Å². The van der Waals surface area contributed by atoms with Crippen molar-refractivity contribution < 1.29 is 14.3 Å². The Morgan fingerprint density at radius 3 is 2.41 bits per heavy atom. The number of ether oxygens (including phenoxy) is 2. The number of methoxy groups -OCH3 is 2. The van der Waals surface area contributed by atoms with E-state index in [4.69, 9.17) is 37.7 Å². The summed E-state index contributed by atoms with van der Waals surface area (Å²) in [6.45, 7) is 6.07. The van der Waals surface area contributed by atoms with Gasteiger partial charge in [-0.3, -0.25) is 9.69 Å². The highest BCUT2D eigenvalue weighted by molar-refractivity contribution is 6.31. The number of carbonyl (C=O) groups is 1. The molecule has 1 aromatic heterocycles. The van der Waals surface area contributed by atoms with Crippen LogP contribution in [0.5, 0.6) is 0 Å². The fourth-order valence-electron chi connectivity index (χ4n) is 4.85. The predicted molar refractivity (Wildman–Crippen MR) is 145 cm³/mol. The largest absolute Gasteiger partial charge is 0.481 e. The van der Waals surface area contributed by atoms with Crippen LogP contribution in [0.2, 0.25) is 10.0 Å². The van der Waals surface area contributed by atoms with Crippen LogP contribution in [0.1, 0.15) is 59.1 Å². The summed E-state index contributed by atoms with van der Waals surface area (Å²) in [6.07, 6.45) is 1.19. The Bertz CT molecular complexity index is 1430. The summed E-state index contributed by atoms with van der Waals surface area (Å²) >= 11 is 12.6. The first-order valence-corrected chi connectivity index (χ1v) is 12.6. The molecule has 10 heteroatoms. The zero-order chi connectivity index (χ0) is 26.4. The second-order valence-corrected chi connectivity index (χ2v) is 10.0. The molecule has 37 heavy (non-hydrogen) atoms. The number of nitrogens with zero attached hydrogens (tertiary/aromatic N) is 4. The third-order valence-corrected chi connectivity index (χ3v) is 7.00. The average molecular weight is 540 g/mol. The number of hydrogen-bond donors (Lipinski definition) is 1. The molecule has 2 aliphatic rings. The van der Waals surface area contributed by atoms with Gasteiger partial charge in [0.25, 0.3) is 5.91 Å². The molecule has 1 amide bonds. The Morgan fingerprint density at radius 1 is 1.05 bits per heavy atom. The summed E-state index contributed by atoms with van der Waals surface area (Å²) < 4.78 is 13.0. The van der Waals surface area contributed by atoms with Crippen LogP contribution >= 0.6 is 23.2 Å². The zero-order valence-corrected chi connectivity index (χ0v) is 22.6. The van der Waals surface area contributed by atoms with Gasteiger partial charge in [0.1, 0.15) is 11.9 Å². The van der Waals surface area contributed by atoms with Crippen LogP contribution in [0.3, 0.4) is 0 Å². The van der Waals surface area contributed by atoms with E-state index in [0.717, 1.165) is 22.5 Å². The molecule has 0 radical (unpaired) electrons. The molecule has 2 aromatic carbocycles. The number of nitrogens with one attached hydrogen (secondary N) is 1. The maximum absolute atomic E-state index is 14.1. The lowest BCUT2D eigenvalue weighted by Crippen LogP contribution is -2.33. The van der Waals surface area contributed by atoms with Crippen molar-refractivity contribution in [2.24, 2.45) is 4.99 Å². The zero-order valence-electron chi connectivity index (χ0n) is 21.1. The fraction of sp³-hybridized carbons (Fsp3) is 0.296. The van der Waals surface area contributed by atoms with Gasteiger partial charge >= 0.3 is 0 Å². The van der Waals surface area contributed by atoms with E-state index >= 15 is 0 Å². The van der Waals surface area contributed by atoms with Crippen molar-refractivity contribution in [1.29, 1.82) is 0 Å². The average Bonchev–Trinajstić information content (AvgIpc) is 3.40. The minimum absolute atomic E-state index is 0.0339. The summed E-state index contributed by atoms with van der Waals surface area (Å²) in [5, 5.41) is 4.25. The van der Waals surface area contributed by atoms with Gasteiger partial charge in [0.2, 0.25) is 12.2 Å². The fourth-order valence-corrected chi connectivity index (χ4v) is 5.14. The Hall–Kier alpha value is -3.33. The Morgan fingerprint density at radius 2 is 1.76 bits per heavy atom. The molecule has 2 unspecified atom stereocenters. The number of rotatable bonds is 5. The number of fused-ring (bicyclic) bond motifs is 1. The lowest BCUT2D eigenvalue weighted by molar-refractivity contribution is 0.0902. The molecular formula is C27H27Cl2N5O3. The number of aryl methyl sites for hydroxylation is 1. The molecule has 0 saturated carbocycles. The van der Waals surface area contributed by atoms with Crippen LogP contribution in [0.4, 0.5) is 5.69 Å². The first kappa shape index (κ1) is 25.3.